The number of hydrogen-bond donors (Lipinski definition) is 2. The van der Waals surface area contributed by atoms with E-state index in [0.29, 0.717) is 25.4 Å². The average Bonchev–Trinajstić information content (AvgIpc) is 3.47. The van der Waals surface area contributed by atoms with Gasteiger partial charge in [-0.2, -0.15) is 13.5 Å². The number of nitrogens with zero attached hydrogens (tertiary/aromatic N) is 4. The second-order valence-corrected chi connectivity index (χ2v) is 11.0. The Hall–Kier alpha value is -1.63. The maximum atomic E-state index is 13.3. The van der Waals surface area contributed by atoms with Gasteiger partial charge in [0.1, 0.15) is 0 Å². The van der Waals surface area contributed by atoms with Crippen molar-refractivity contribution >= 4 is 27.6 Å². The molecular formula is C23H33N6NaO4S. The quantitative estimate of drug-likeness (QED) is 0.427. The molecule has 35 heavy (non-hydrogen) atoms. The number of aryl methyl sites for hydroxylation is 3. The molecule has 10 nitrogen and oxygen atoms in total. The molecule has 2 amide bonds. The fourth-order valence-corrected chi connectivity index (χ4v) is 6.20. The first-order chi connectivity index (χ1) is 16.3. The molecule has 0 atom stereocenters. The Bertz CT molecular complexity index is 1170. The molecule has 0 radical (unpaired) electrons. The van der Waals surface area contributed by atoms with Gasteiger partial charge in [0, 0.05) is 32.0 Å². The first-order valence-electron chi connectivity index (χ1n) is 11.9. The van der Waals surface area contributed by atoms with Crippen LogP contribution >= 0.6 is 0 Å². The van der Waals surface area contributed by atoms with Gasteiger partial charge in [-0.05, 0) is 67.8 Å². The average molecular weight is 513 g/mol. The Kier molecular flexibility index (Phi) is 8.14. The van der Waals surface area contributed by atoms with Crippen molar-refractivity contribution < 1.29 is 48.9 Å². The van der Waals surface area contributed by atoms with Crippen LogP contribution < -0.4 is 43.9 Å². The molecule has 0 saturated carbocycles. The summed E-state index contributed by atoms with van der Waals surface area (Å²) in [5.74, 6) is 0. The summed E-state index contributed by atoms with van der Waals surface area (Å²) in [6, 6.07) is 1.82. The second kappa shape index (κ2) is 10.8. The van der Waals surface area contributed by atoms with Gasteiger partial charge in [0.25, 0.3) is 0 Å². The van der Waals surface area contributed by atoms with Gasteiger partial charge in [0.05, 0.1) is 31.1 Å². The molecule has 2 heterocycles. The van der Waals surface area contributed by atoms with Crippen LogP contribution in [-0.2, 0) is 47.7 Å². The van der Waals surface area contributed by atoms with Gasteiger partial charge in [-0.15, -0.1) is 0 Å². The predicted octanol–water partition coefficient (Wildman–Crippen LogP) is -1.28. The van der Waals surface area contributed by atoms with Gasteiger partial charge < -0.3 is 11.5 Å². The normalized spacial score (nSPS) is 16.9. The van der Waals surface area contributed by atoms with E-state index in [1.54, 1.807) is 13.2 Å². The van der Waals surface area contributed by atoms with Crippen LogP contribution in [0.5, 0.6) is 0 Å². The van der Waals surface area contributed by atoms with Crippen molar-refractivity contribution in [2.24, 2.45) is 7.05 Å². The molecule has 3 aliphatic rings. The number of benzene rings is 1. The molecule has 1 aromatic heterocycles. The predicted molar refractivity (Wildman–Crippen MR) is 130 cm³/mol. The molecule has 1 aliphatic heterocycles. The van der Waals surface area contributed by atoms with Gasteiger partial charge in [-0.3, -0.25) is 9.58 Å². The topological polar surface area (TPSA) is 109 Å². The summed E-state index contributed by atoms with van der Waals surface area (Å²) in [4.78, 5) is 15.1. The number of carbonyl (C=O) groups excluding carboxylic acids is 1. The van der Waals surface area contributed by atoms with Crippen molar-refractivity contribution in [2.75, 3.05) is 43.0 Å². The monoisotopic (exact) mass is 512 g/mol. The maximum Gasteiger partial charge on any atom is 1.00 e. The summed E-state index contributed by atoms with van der Waals surface area (Å²) in [7, 11) is -0.492. The Labute approximate surface area is 230 Å². The third kappa shape index (κ3) is 5.55. The van der Waals surface area contributed by atoms with Crippen LogP contribution in [-0.4, -0.2) is 68.5 Å². The van der Waals surface area contributed by atoms with Crippen LogP contribution in [0.4, 0.5) is 16.2 Å². The Morgan fingerprint density at radius 2 is 1.83 bits per heavy atom. The number of amides is 2. The first-order valence-corrected chi connectivity index (χ1v) is 13.3. The van der Waals surface area contributed by atoms with E-state index in [-0.39, 0.29) is 43.6 Å². The number of rotatable bonds is 8. The largest absolute Gasteiger partial charge is 1.00 e. The van der Waals surface area contributed by atoms with E-state index in [4.69, 9.17) is 4.74 Å². The Morgan fingerprint density at radius 1 is 1.17 bits per heavy atom. The van der Waals surface area contributed by atoms with Crippen molar-refractivity contribution in [3.63, 3.8) is 0 Å². The number of likely N-dealkylation sites (N-methyl/N-ethyl adjacent to an activating group) is 1. The molecule has 5 rings (SSSR count). The Morgan fingerprint density at radius 3 is 2.37 bits per heavy atom. The van der Waals surface area contributed by atoms with Crippen molar-refractivity contribution in [1.29, 1.82) is 0 Å². The molecular weight excluding hydrogens is 479 g/mol. The summed E-state index contributed by atoms with van der Waals surface area (Å²) in [5, 5.41) is 7.02. The standard InChI is InChI=1S/C23H32N6O4S.Na.H/c1-27(19-14-33-15-19)9-10-29(18-12-24-28(2)13-18)34(31,32)26-23(30)25-22-20-7-3-5-16(20)11-17-6-4-8-21(17)22;;/h11-13,19H,3-10,14-15H2,1-2H3,(H2,25,26,30);;/q;+1;-1. The molecule has 0 bridgehead atoms. The number of aromatic nitrogens is 2. The molecule has 186 valence electrons. The van der Waals surface area contributed by atoms with Crippen LogP contribution in [0.1, 0.15) is 36.5 Å². The third-order valence-electron chi connectivity index (χ3n) is 7.10. The summed E-state index contributed by atoms with van der Waals surface area (Å²) in [6.45, 7) is 1.95. The van der Waals surface area contributed by atoms with E-state index in [1.807, 2.05) is 7.05 Å². The van der Waals surface area contributed by atoms with Gasteiger partial charge in [0.2, 0.25) is 0 Å². The van der Waals surface area contributed by atoms with Gasteiger partial charge in [-0.1, -0.05) is 6.07 Å². The van der Waals surface area contributed by atoms with E-state index in [1.165, 1.54) is 26.3 Å². The van der Waals surface area contributed by atoms with E-state index in [9.17, 15) is 13.2 Å². The van der Waals surface area contributed by atoms with E-state index < -0.39 is 16.2 Å². The van der Waals surface area contributed by atoms with Crippen LogP contribution in [0.25, 0.3) is 0 Å². The second-order valence-electron chi connectivity index (χ2n) is 9.41. The minimum Gasteiger partial charge on any atom is -1.00 e. The minimum atomic E-state index is -4.16. The molecule has 0 spiro atoms. The van der Waals surface area contributed by atoms with Crippen molar-refractivity contribution in [3.8, 4) is 0 Å². The Balaban J connectivity index is 0.00000180. The summed E-state index contributed by atoms with van der Waals surface area (Å²) in [6.07, 6.45) is 9.05. The fourth-order valence-electron chi connectivity index (χ4n) is 5.11. The number of urea groups is 1. The molecule has 2 aliphatic carbocycles. The van der Waals surface area contributed by atoms with E-state index >= 15 is 0 Å². The van der Waals surface area contributed by atoms with Gasteiger partial charge >= 0.3 is 45.8 Å². The molecule has 1 fully saturated rings. The summed E-state index contributed by atoms with van der Waals surface area (Å²) < 4.78 is 36.9. The van der Waals surface area contributed by atoms with Crippen LogP contribution in [0.3, 0.4) is 0 Å². The number of fused-ring (bicyclic) bond motifs is 2. The maximum absolute atomic E-state index is 13.3. The third-order valence-corrected chi connectivity index (χ3v) is 8.52. The number of carbonyl (C=O) groups is 1. The van der Waals surface area contributed by atoms with E-state index in [0.717, 1.165) is 55.3 Å². The molecule has 2 N–H and O–H groups in total. The molecule has 1 aromatic carbocycles. The number of ether oxygens (including phenoxy) is 1. The molecule has 12 heteroatoms. The summed E-state index contributed by atoms with van der Waals surface area (Å²) in [5.41, 5.74) is 6.08. The summed E-state index contributed by atoms with van der Waals surface area (Å²) >= 11 is 0. The van der Waals surface area contributed by atoms with Gasteiger partial charge in [-0.25, -0.2) is 13.8 Å². The molecule has 0 unspecified atom stereocenters. The van der Waals surface area contributed by atoms with Crippen LogP contribution in [0, 0.1) is 0 Å². The van der Waals surface area contributed by atoms with E-state index in [2.05, 4.69) is 26.1 Å². The SMILES string of the molecule is CN(CCN(c1cnn(C)c1)S(=O)(=O)NC(=O)Nc1c2c(cc3c1CCC3)CCC2)C1COC1.[H-].[Na+]. The number of anilines is 2. The van der Waals surface area contributed by atoms with Crippen LogP contribution in [0.15, 0.2) is 18.5 Å². The van der Waals surface area contributed by atoms with Crippen molar-refractivity contribution in [3.05, 3.63) is 40.7 Å². The smallest absolute Gasteiger partial charge is 1.00 e. The first kappa shape index (κ1) is 26.4. The van der Waals surface area contributed by atoms with Gasteiger partial charge in [0.15, 0.2) is 0 Å². The molecule has 1 saturated heterocycles. The zero-order valence-electron chi connectivity index (χ0n) is 21.7. The number of nitrogens with one attached hydrogen (secondary N) is 2. The minimum absolute atomic E-state index is 0. The van der Waals surface area contributed by atoms with Crippen molar-refractivity contribution in [2.45, 2.75) is 44.6 Å². The molecule has 2 aromatic rings. The number of hydrogen-bond acceptors (Lipinski definition) is 6. The van der Waals surface area contributed by atoms with Crippen molar-refractivity contribution in [1.82, 2.24) is 19.4 Å². The fraction of sp³-hybridized carbons (Fsp3) is 0.565. The zero-order valence-corrected chi connectivity index (χ0v) is 23.5. The zero-order chi connectivity index (χ0) is 23.9. The van der Waals surface area contributed by atoms with Crippen LogP contribution in [0.2, 0.25) is 0 Å².